The second-order valence-corrected chi connectivity index (χ2v) is 4.39. The van der Waals surface area contributed by atoms with Gasteiger partial charge in [-0.1, -0.05) is 0 Å². The fourth-order valence-corrected chi connectivity index (χ4v) is 1.93. The first-order valence-electron chi connectivity index (χ1n) is 6.32. The minimum Gasteiger partial charge on any atom is -0.417 e. The summed E-state index contributed by atoms with van der Waals surface area (Å²) < 4.78 is 28.0. The summed E-state index contributed by atoms with van der Waals surface area (Å²) in [4.78, 5) is 15.4. The molecule has 110 valence electrons. The summed E-state index contributed by atoms with van der Waals surface area (Å²) >= 11 is 0. The number of amides is 2. The second-order valence-electron chi connectivity index (χ2n) is 4.39. The lowest BCUT2D eigenvalue weighted by molar-refractivity contribution is -0.0528. The molecule has 6 nitrogen and oxygen atoms in total. The molecule has 1 fully saturated rings. The molecule has 0 aromatic carbocycles. The number of halogens is 2. The predicted octanol–water partition coefficient (Wildman–Crippen LogP) is 1.56. The number of nitrogens with zero attached hydrogens (tertiary/aromatic N) is 1. The third kappa shape index (κ3) is 4.61. The van der Waals surface area contributed by atoms with E-state index in [0.717, 1.165) is 25.9 Å². The Hall–Kier alpha value is -1.96. The number of hydrogen-bond donors (Lipinski definition) is 3. The Kier molecular flexibility index (Phi) is 5.05. The smallest absolute Gasteiger partial charge is 0.388 e. The van der Waals surface area contributed by atoms with Crippen molar-refractivity contribution in [1.82, 2.24) is 15.6 Å². The molecule has 0 radical (unpaired) electrons. The summed E-state index contributed by atoms with van der Waals surface area (Å²) in [7, 11) is 0. The van der Waals surface area contributed by atoms with Gasteiger partial charge in [0.25, 0.3) is 0 Å². The lowest BCUT2D eigenvalue weighted by Gasteiger charge is -2.23. The number of carbonyl (C=O) groups is 1. The van der Waals surface area contributed by atoms with Gasteiger partial charge in [0.15, 0.2) is 0 Å². The number of urea groups is 1. The van der Waals surface area contributed by atoms with E-state index in [9.17, 15) is 13.6 Å². The summed E-state index contributed by atoms with van der Waals surface area (Å²) in [6.07, 6.45) is 3.03. The first kappa shape index (κ1) is 14.4. The van der Waals surface area contributed by atoms with E-state index in [1.807, 2.05) is 0 Å². The highest BCUT2D eigenvalue weighted by atomic mass is 19.3. The first-order chi connectivity index (χ1) is 9.63. The normalized spacial score (nSPS) is 15.9. The lowest BCUT2D eigenvalue weighted by Crippen LogP contribution is -2.44. The molecular formula is C12H16F2N4O2. The average Bonchev–Trinajstić information content (AvgIpc) is 2.41. The van der Waals surface area contributed by atoms with Gasteiger partial charge in [0.05, 0.1) is 11.9 Å². The molecule has 0 saturated carbocycles. The molecule has 1 saturated heterocycles. The maximum atomic E-state index is 11.9. The van der Waals surface area contributed by atoms with E-state index >= 15 is 0 Å². The van der Waals surface area contributed by atoms with E-state index in [-0.39, 0.29) is 18.0 Å². The van der Waals surface area contributed by atoms with E-state index in [0.29, 0.717) is 5.69 Å². The number of ether oxygens (including phenoxy) is 1. The molecule has 0 atom stereocenters. The minimum atomic E-state index is -2.91. The number of pyridine rings is 1. The fraction of sp³-hybridized carbons (Fsp3) is 0.500. The van der Waals surface area contributed by atoms with Gasteiger partial charge in [-0.15, -0.1) is 0 Å². The number of carbonyl (C=O) groups excluding carboxylic acids is 1. The highest BCUT2D eigenvalue weighted by molar-refractivity contribution is 5.89. The number of piperidine rings is 1. The maximum absolute atomic E-state index is 11.9. The van der Waals surface area contributed by atoms with Gasteiger partial charge < -0.3 is 20.7 Å². The van der Waals surface area contributed by atoms with Crippen LogP contribution in [0.25, 0.3) is 0 Å². The fourth-order valence-electron chi connectivity index (χ4n) is 1.93. The first-order valence-corrected chi connectivity index (χ1v) is 6.32. The Labute approximate surface area is 114 Å². The van der Waals surface area contributed by atoms with Crippen LogP contribution in [0.15, 0.2) is 18.3 Å². The van der Waals surface area contributed by atoms with E-state index in [4.69, 9.17) is 0 Å². The van der Waals surface area contributed by atoms with Gasteiger partial charge in [-0.25, -0.2) is 9.78 Å². The van der Waals surface area contributed by atoms with Crippen LogP contribution in [0.5, 0.6) is 5.88 Å². The third-order valence-corrected chi connectivity index (χ3v) is 2.88. The Morgan fingerprint density at radius 1 is 1.40 bits per heavy atom. The van der Waals surface area contributed by atoms with Crippen LogP contribution in [0, 0.1) is 0 Å². The largest absolute Gasteiger partial charge is 0.417 e. The SMILES string of the molecule is O=C(Nc1ccc(OC(F)F)nc1)NC1CCNCC1. The van der Waals surface area contributed by atoms with Crippen molar-refractivity contribution in [2.45, 2.75) is 25.5 Å². The van der Waals surface area contributed by atoms with Crippen molar-refractivity contribution in [3.05, 3.63) is 18.3 Å². The average molecular weight is 286 g/mol. The molecule has 1 aromatic rings. The number of alkyl halides is 2. The Morgan fingerprint density at radius 3 is 2.75 bits per heavy atom. The highest BCUT2D eigenvalue weighted by Gasteiger charge is 2.15. The van der Waals surface area contributed by atoms with Gasteiger partial charge >= 0.3 is 12.6 Å². The van der Waals surface area contributed by atoms with Crippen LogP contribution in [-0.4, -0.2) is 36.8 Å². The van der Waals surface area contributed by atoms with Gasteiger partial charge in [-0.05, 0) is 32.0 Å². The monoisotopic (exact) mass is 286 g/mol. The summed E-state index contributed by atoms with van der Waals surface area (Å²) in [5.41, 5.74) is 0.415. The van der Waals surface area contributed by atoms with Crippen LogP contribution in [0.3, 0.4) is 0 Å². The van der Waals surface area contributed by atoms with Crippen LogP contribution in [-0.2, 0) is 0 Å². The summed E-state index contributed by atoms with van der Waals surface area (Å²) in [5.74, 6) is -0.190. The molecule has 1 aliphatic rings. The van der Waals surface area contributed by atoms with Crippen LogP contribution >= 0.6 is 0 Å². The van der Waals surface area contributed by atoms with Crippen molar-refractivity contribution in [3.8, 4) is 5.88 Å². The molecule has 0 unspecified atom stereocenters. The number of aromatic nitrogens is 1. The predicted molar refractivity (Wildman–Crippen MR) is 68.9 cm³/mol. The van der Waals surface area contributed by atoms with Gasteiger partial charge in [-0.2, -0.15) is 8.78 Å². The van der Waals surface area contributed by atoms with Crippen molar-refractivity contribution in [1.29, 1.82) is 0 Å². The molecule has 2 rings (SSSR count). The number of rotatable bonds is 4. The molecule has 2 heterocycles. The lowest BCUT2D eigenvalue weighted by atomic mass is 10.1. The molecule has 1 aliphatic heterocycles. The number of hydrogen-bond acceptors (Lipinski definition) is 4. The maximum Gasteiger partial charge on any atom is 0.388 e. The topological polar surface area (TPSA) is 75.3 Å². The van der Waals surface area contributed by atoms with E-state index < -0.39 is 6.61 Å². The third-order valence-electron chi connectivity index (χ3n) is 2.88. The molecule has 0 aliphatic carbocycles. The second kappa shape index (κ2) is 6.99. The molecule has 1 aromatic heterocycles. The van der Waals surface area contributed by atoms with Crippen molar-refractivity contribution >= 4 is 11.7 Å². The van der Waals surface area contributed by atoms with E-state index in [2.05, 4.69) is 25.7 Å². The van der Waals surface area contributed by atoms with Crippen LogP contribution in [0.1, 0.15) is 12.8 Å². The van der Waals surface area contributed by atoms with Crippen molar-refractivity contribution < 1.29 is 18.3 Å². The molecule has 8 heteroatoms. The van der Waals surface area contributed by atoms with Gasteiger partial charge in [0.1, 0.15) is 0 Å². The van der Waals surface area contributed by atoms with Gasteiger partial charge in [0.2, 0.25) is 5.88 Å². The summed E-state index contributed by atoms with van der Waals surface area (Å²) in [6, 6.07) is 2.53. The summed E-state index contributed by atoms with van der Waals surface area (Å²) in [5, 5.41) is 8.64. The molecule has 3 N–H and O–H groups in total. The molecular weight excluding hydrogens is 270 g/mol. The van der Waals surface area contributed by atoms with E-state index in [1.165, 1.54) is 18.3 Å². The Balaban J connectivity index is 1.81. The minimum absolute atomic E-state index is 0.144. The van der Waals surface area contributed by atoms with Gasteiger partial charge in [-0.3, -0.25) is 0 Å². The highest BCUT2D eigenvalue weighted by Crippen LogP contribution is 2.13. The van der Waals surface area contributed by atoms with Gasteiger partial charge in [0, 0.05) is 12.1 Å². The zero-order chi connectivity index (χ0) is 14.4. The van der Waals surface area contributed by atoms with Crippen molar-refractivity contribution in [2.24, 2.45) is 0 Å². The molecule has 20 heavy (non-hydrogen) atoms. The van der Waals surface area contributed by atoms with Crippen LogP contribution in [0.4, 0.5) is 19.3 Å². The number of anilines is 1. The van der Waals surface area contributed by atoms with Crippen LogP contribution in [0.2, 0.25) is 0 Å². The molecule has 2 amide bonds. The summed E-state index contributed by atoms with van der Waals surface area (Å²) in [6.45, 7) is -1.15. The standard InChI is InChI=1S/C12H16F2N4O2/c13-11(14)20-10-2-1-9(7-16-10)18-12(19)17-8-3-5-15-6-4-8/h1-2,7-8,11,15H,3-6H2,(H2,17,18,19). The zero-order valence-electron chi connectivity index (χ0n) is 10.7. The zero-order valence-corrected chi connectivity index (χ0v) is 10.7. The Bertz CT molecular complexity index is 436. The Morgan fingerprint density at radius 2 is 2.15 bits per heavy atom. The van der Waals surface area contributed by atoms with Crippen molar-refractivity contribution in [2.75, 3.05) is 18.4 Å². The van der Waals surface area contributed by atoms with E-state index in [1.54, 1.807) is 0 Å². The quantitative estimate of drug-likeness (QED) is 0.785. The molecule has 0 bridgehead atoms. The molecule has 0 spiro atoms. The van der Waals surface area contributed by atoms with Crippen LogP contribution < -0.4 is 20.7 Å². The number of nitrogens with one attached hydrogen (secondary N) is 3. The van der Waals surface area contributed by atoms with Crippen molar-refractivity contribution in [3.63, 3.8) is 0 Å².